The summed E-state index contributed by atoms with van der Waals surface area (Å²) in [5.41, 5.74) is 3.19. The molecule has 166 valence electrons. The third-order valence-corrected chi connectivity index (χ3v) is 5.62. The summed E-state index contributed by atoms with van der Waals surface area (Å²) in [5.74, 6) is -0.864. The minimum Gasteiger partial charge on any atom is -0.394 e. The SMILES string of the molecule is CCCCCCCCCCC[C@@H](O)CC(=O)[C@]1(O)[C@H](O)[C@@H](CO)OC(O)[C@@H]1N. The zero-order valence-electron chi connectivity index (χ0n) is 17.0. The molecule has 0 saturated carbocycles. The molecule has 0 radical (unpaired) electrons. The Bertz CT molecular complexity index is 450. The number of carbonyl (C=O) groups excluding carboxylic acids is 1. The Morgan fingerprint density at radius 1 is 1.07 bits per heavy atom. The van der Waals surface area contributed by atoms with Gasteiger partial charge < -0.3 is 36.0 Å². The Labute approximate surface area is 167 Å². The lowest BCUT2D eigenvalue weighted by atomic mass is 9.77. The summed E-state index contributed by atoms with van der Waals surface area (Å²) in [7, 11) is 0. The number of nitrogens with two attached hydrogens (primary N) is 1. The maximum absolute atomic E-state index is 12.5. The molecule has 0 amide bonds. The molecule has 1 unspecified atom stereocenters. The van der Waals surface area contributed by atoms with Crippen LogP contribution in [0.3, 0.4) is 0 Å². The standard InChI is InChI=1S/C20H39NO7/c1-2-3-4-5-6-7-8-9-10-11-14(23)12-16(24)20(27)17(21)19(26)28-15(13-22)18(20)25/h14-15,17-19,22-23,25-27H,2-13,21H2,1H3/t14-,15-,17+,18-,19?,20-/m1/s1. The third-order valence-electron chi connectivity index (χ3n) is 5.62. The molecule has 1 fully saturated rings. The molecule has 1 saturated heterocycles. The fourth-order valence-corrected chi connectivity index (χ4v) is 3.70. The molecule has 1 heterocycles. The van der Waals surface area contributed by atoms with Crippen LogP contribution in [0.5, 0.6) is 0 Å². The molecule has 8 heteroatoms. The average molecular weight is 406 g/mol. The summed E-state index contributed by atoms with van der Waals surface area (Å²) in [6, 6.07) is -1.57. The maximum Gasteiger partial charge on any atom is 0.173 e. The van der Waals surface area contributed by atoms with E-state index in [4.69, 9.17) is 10.5 Å². The van der Waals surface area contributed by atoms with Gasteiger partial charge in [0.05, 0.1) is 18.8 Å². The highest BCUT2D eigenvalue weighted by molar-refractivity contribution is 5.89. The number of hydrogen-bond acceptors (Lipinski definition) is 8. The van der Waals surface area contributed by atoms with Crippen molar-refractivity contribution in [1.82, 2.24) is 0 Å². The highest BCUT2D eigenvalue weighted by atomic mass is 16.6. The number of ether oxygens (including phenoxy) is 1. The van der Waals surface area contributed by atoms with E-state index in [0.29, 0.717) is 6.42 Å². The third kappa shape index (κ3) is 7.02. The Morgan fingerprint density at radius 3 is 2.14 bits per heavy atom. The lowest BCUT2D eigenvalue weighted by Crippen LogP contribution is -2.73. The summed E-state index contributed by atoms with van der Waals surface area (Å²) < 4.78 is 4.90. The smallest absolute Gasteiger partial charge is 0.173 e. The van der Waals surface area contributed by atoms with Crippen LogP contribution in [0.4, 0.5) is 0 Å². The van der Waals surface area contributed by atoms with Gasteiger partial charge in [-0.1, -0.05) is 64.7 Å². The van der Waals surface area contributed by atoms with Crippen molar-refractivity contribution < 1.29 is 35.1 Å². The number of aliphatic hydroxyl groups excluding tert-OH is 4. The largest absolute Gasteiger partial charge is 0.394 e. The van der Waals surface area contributed by atoms with Gasteiger partial charge >= 0.3 is 0 Å². The first-order valence-electron chi connectivity index (χ1n) is 10.6. The second-order valence-corrected chi connectivity index (χ2v) is 7.94. The molecule has 1 aliphatic heterocycles. The number of carbonyl (C=O) groups is 1. The molecular formula is C20H39NO7. The molecule has 0 aromatic carbocycles. The maximum atomic E-state index is 12.5. The topological polar surface area (TPSA) is 153 Å². The summed E-state index contributed by atoms with van der Waals surface area (Å²) in [5, 5.41) is 49.9. The van der Waals surface area contributed by atoms with Gasteiger partial charge in [-0.3, -0.25) is 4.79 Å². The van der Waals surface area contributed by atoms with Crippen molar-refractivity contribution in [2.75, 3.05) is 6.61 Å². The quantitative estimate of drug-likeness (QED) is 0.226. The fourth-order valence-electron chi connectivity index (χ4n) is 3.70. The highest BCUT2D eigenvalue weighted by Crippen LogP contribution is 2.30. The normalized spacial score (nSPS) is 31.7. The van der Waals surface area contributed by atoms with Gasteiger partial charge in [-0.25, -0.2) is 0 Å². The van der Waals surface area contributed by atoms with Crippen LogP contribution in [-0.2, 0) is 9.53 Å². The molecule has 0 aromatic heterocycles. The molecule has 8 nitrogen and oxygen atoms in total. The molecule has 0 aliphatic carbocycles. The van der Waals surface area contributed by atoms with Crippen molar-refractivity contribution in [2.45, 2.75) is 114 Å². The van der Waals surface area contributed by atoms with Crippen LogP contribution in [0.25, 0.3) is 0 Å². The van der Waals surface area contributed by atoms with Crippen LogP contribution in [0.2, 0.25) is 0 Å². The molecule has 1 rings (SSSR count). The minimum atomic E-state index is -2.48. The fraction of sp³-hybridized carbons (Fsp3) is 0.950. The van der Waals surface area contributed by atoms with E-state index in [2.05, 4.69) is 6.92 Å². The number of Topliss-reactive ketones (excluding diaryl/α,β-unsaturated/α-hetero) is 1. The van der Waals surface area contributed by atoms with Gasteiger partial charge in [-0.05, 0) is 6.42 Å². The summed E-state index contributed by atoms with van der Waals surface area (Å²) in [6.45, 7) is 1.50. The van der Waals surface area contributed by atoms with Crippen molar-refractivity contribution in [3.8, 4) is 0 Å². The number of ketones is 1. The summed E-state index contributed by atoms with van der Waals surface area (Å²) in [4.78, 5) is 12.5. The lowest BCUT2D eigenvalue weighted by Gasteiger charge is -2.46. The van der Waals surface area contributed by atoms with E-state index in [1.54, 1.807) is 0 Å². The summed E-state index contributed by atoms with van der Waals surface area (Å²) >= 11 is 0. The predicted octanol–water partition coefficient (Wildman–Crippen LogP) is 0.356. The van der Waals surface area contributed by atoms with Gasteiger partial charge in [0.25, 0.3) is 0 Å². The van der Waals surface area contributed by atoms with Crippen molar-refractivity contribution in [3.05, 3.63) is 0 Å². The number of hydrogen-bond donors (Lipinski definition) is 6. The van der Waals surface area contributed by atoms with Gasteiger partial charge in [0, 0.05) is 6.42 Å². The molecule has 1 aliphatic rings. The number of aliphatic hydroxyl groups is 5. The second-order valence-electron chi connectivity index (χ2n) is 7.94. The van der Waals surface area contributed by atoms with E-state index < -0.39 is 48.6 Å². The van der Waals surface area contributed by atoms with Crippen molar-refractivity contribution in [3.63, 3.8) is 0 Å². The van der Waals surface area contributed by atoms with Crippen LogP contribution in [0.15, 0.2) is 0 Å². The molecule has 0 spiro atoms. The average Bonchev–Trinajstić information content (AvgIpc) is 2.67. The Balaban J connectivity index is 2.36. The van der Waals surface area contributed by atoms with Crippen LogP contribution in [0.1, 0.15) is 77.6 Å². The van der Waals surface area contributed by atoms with Gasteiger partial charge in [0.15, 0.2) is 17.7 Å². The van der Waals surface area contributed by atoms with Crippen LogP contribution >= 0.6 is 0 Å². The van der Waals surface area contributed by atoms with E-state index in [9.17, 15) is 30.3 Å². The van der Waals surface area contributed by atoms with Crippen molar-refractivity contribution in [1.29, 1.82) is 0 Å². The monoisotopic (exact) mass is 405 g/mol. The molecule has 28 heavy (non-hydrogen) atoms. The van der Waals surface area contributed by atoms with Crippen molar-refractivity contribution in [2.24, 2.45) is 5.73 Å². The van der Waals surface area contributed by atoms with E-state index >= 15 is 0 Å². The second kappa shape index (κ2) is 12.8. The summed E-state index contributed by atoms with van der Waals surface area (Å²) in [6.07, 6.45) is 4.50. The van der Waals surface area contributed by atoms with E-state index in [0.717, 1.165) is 19.3 Å². The zero-order chi connectivity index (χ0) is 21.2. The van der Waals surface area contributed by atoms with E-state index in [1.807, 2.05) is 0 Å². The Hall–Kier alpha value is -0.610. The number of rotatable bonds is 14. The molecule has 7 N–H and O–H groups in total. The van der Waals surface area contributed by atoms with Gasteiger partial charge in [-0.15, -0.1) is 0 Å². The van der Waals surface area contributed by atoms with E-state index in [-0.39, 0.29) is 6.42 Å². The van der Waals surface area contributed by atoms with Crippen molar-refractivity contribution >= 4 is 5.78 Å². The van der Waals surface area contributed by atoms with Crippen LogP contribution in [-0.4, -0.2) is 74.2 Å². The van der Waals surface area contributed by atoms with Gasteiger partial charge in [0.2, 0.25) is 0 Å². The first kappa shape index (κ1) is 25.4. The Kier molecular flexibility index (Phi) is 11.7. The van der Waals surface area contributed by atoms with Crippen LogP contribution in [0, 0.1) is 0 Å². The van der Waals surface area contributed by atoms with Gasteiger partial charge in [-0.2, -0.15) is 0 Å². The van der Waals surface area contributed by atoms with Crippen LogP contribution < -0.4 is 5.73 Å². The lowest BCUT2D eigenvalue weighted by molar-refractivity contribution is -0.275. The first-order valence-corrected chi connectivity index (χ1v) is 10.6. The first-order chi connectivity index (χ1) is 13.3. The molecule has 0 aromatic rings. The molecule has 0 bridgehead atoms. The molecule has 6 atom stereocenters. The Morgan fingerprint density at radius 2 is 1.61 bits per heavy atom. The molecular weight excluding hydrogens is 366 g/mol. The zero-order valence-corrected chi connectivity index (χ0v) is 17.0. The minimum absolute atomic E-state index is 0.386. The van der Waals surface area contributed by atoms with Gasteiger partial charge in [0.1, 0.15) is 12.2 Å². The van der Waals surface area contributed by atoms with E-state index in [1.165, 1.54) is 38.5 Å². The highest BCUT2D eigenvalue weighted by Gasteiger charge is 2.57. The number of unbranched alkanes of at least 4 members (excludes halogenated alkanes) is 8. The predicted molar refractivity (Wildman–Crippen MR) is 104 cm³/mol.